The predicted octanol–water partition coefficient (Wildman–Crippen LogP) is 2.09. The molecule has 0 heterocycles. The van der Waals surface area contributed by atoms with E-state index in [-0.39, 0.29) is 5.75 Å². The van der Waals surface area contributed by atoms with Crippen molar-refractivity contribution < 1.29 is 14.9 Å². The lowest BCUT2D eigenvalue weighted by Gasteiger charge is -2.16. The number of hydrogen-bond acceptors (Lipinski definition) is 3. The van der Waals surface area contributed by atoms with Crippen molar-refractivity contribution in [1.29, 1.82) is 0 Å². The third-order valence-corrected chi connectivity index (χ3v) is 3.46. The molecule has 0 spiro atoms. The third-order valence-electron chi connectivity index (χ3n) is 3.46. The molecule has 0 amide bonds. The van der Waals surface area contributed by atoms with E-state index >= 15 is 0 Å². The van der Waals surface area contributed by atoms with Gasteiger partial charge in [0.05, 0.1) is 12.7 Å². The van der Waals surface area contributed by atoms with E-state index in [1.807, 2.05) is 19.9 Å². The molecule has 0 aromatic heterocycles. The summed E-state index contributed by atoms with van der Waals surface area (Å²) in [7, 11) is 1.54. The first kappa shape index (κ1) is 11.3. The van der Waals surface area contributed by atoms with Crippen LogP contribution in [0, 0.1) is 13.8 Å². The van der Waals surface area contributed by atoms with Gasteiger partial charge in [0.25, 0.3) is 0 Å². The van der Waals surface area contributed by atoms with Gasteiger partial charge in [-0.2, -0.15) is 0 Å². The maximum atomic E-state index is 10.0. The Kier molecular flexibility index (Phi) is 2.58. The second-order valence-corrected chi connectivity index (χ2v) is 4.75. The molecule has 3 nitrogen and oxygen atoms in total. The SMILES string of the molecule is COc1cc(C)c(C)c(CC2(O)CC2)c1O. The predicted molar refractivity (Wildman–Crippen MR) is 62.0 cm³/mol. The summed E-state index contributed by atoms with van der Waals surface area (Å²) in [5.41, 5.74) is 2.34. The molecule has 1 fully saturated rings. The standard InChI is InChI=1S/C13H18O3/c1-8-6-11(16-3)12(14)10(9(8)2)7-13(15)4-5-13/h6,14-15H,4-5,7H2,1-3H3. The summed E-state index contributed by atoms with van der Waals surface area (Å²) in [5.74, 6) is 0.660. The third kappa shape index (κ3) is 1.87. The highest BCUT2D eigenvalue weighted by Crippen LogP contribution is 2.43. The molecule has 88 valence electrons. The second kappa shape index (κ2) is 3.67. The maximum absolute atomic E-state index is 10.0. The number of benzene rings is 1. The van der Waals surface area contributed by atoms with Crippen LogP contribution in [0.25, 0.3) is 0 Å². The highest BCUT2D eigenvalue weighted by molar-refractivity contribution is 5.53. The molecule has 2 rings (SSSR count). The molecule has 1 aliphatic rings. The zero-order valence-corrected chi connectivity index (χ0v) is 10.0. The van der Waals surface area contributed by atoms with Gasteiger partial charge in [0.1, 0.15) is 0 Å². The van der Waals surface area contributed by atoms with Crippen LogP contribution in [0.2, 0.25) is 0 Å². The van der Waals surface area contributed by atoms with Crippen molar-refractivity contribution in [2.75, 3.05) is 7.11 Å². The lowest BCUT2D eigenvalue weighted by Crippen LogP contribution is -2.12. The molecule has 1 aromatic rings. The molecule has 0 saturated heterocycles. The van der Waals surface area contributed by atoms with Crippen LogP contribution in [-0.4, -0.2) is 22.9 Å². The molecular formula is C13H18O3. The first-order valence-corrected chi connectivity index (χ1v) is 5.55. The number of phenolic OH excluding ortho intramolecular Hbond substituents is 1. The van der Waals surface area contributed by atoms with E-state index in [1.54, 1.807) is 7.11 Å². The number of ether oxygens (including phenoxy) is 1. The molecule has 0 radical (unpaired) electrons. The number of aliphatic hydroxyl groups is 1. The Morgan fingerprint density at radius 2 is 2.00 bits per heavy atom. The average Bonchev–Trinajstić information content (AvgIpc) is 2.97. The average molecular weight is 222 g/mol. The van der Waals surface area contributed by atoms with Gasteiger partial charge >= 0.3 is 0 Å². The molecule has 3 heteroatoms. The van der Waals surface area contributed by atoms with Gasteiger partial charge in [0.2, 0.25) is 0 Å². The Bertz CT molecular complexity index is 420. The fourth-order valence-corrected chi connectivity index (χ4v) is 1.96. The highest BCUT2D eigenvalue weighted by Gasteiger charge is 2.41. The summed E-state index contributed by atoms with van der Waals surface area (Å²) in [5, 5.41) is 20.0. The van der Waals surface area contributed by atoms with Gasteiger partial charge in [-0.25, -0.2) is 0 Å². The van der Waals surface area contributed by atoms with Crippen molar-refractivity contribution in [2.45, 2.75) is 38.7 Å². The van der Waals surface area contributed by atoms with Gasteiger partial charge in [-0.1, -0.05) is 0 Å². The summed E-state index contributed by atoms with van der Waals surface area (Å²) in [4.78, 5) is 0. The van der Waals surface area contributed by atoms with Gasteiger partial charge in [-0.05, 0) is 43.9 Å². The Morgan fingerprint density at radius 1 is 1.38 bits per heavy atom. The van der Waals surface area contributed by atoms with E-state index in [0.717, 1.165) is 29.5 Å². The molecule has 16 heavy (non-hydrogen) atoms. The quantitative estimate of drug-likeness (QED) is 0.823. The van der Waals surface area contributed by atoms with Crippen LogP contribution in [0.1, 0.15) is 29.5 Å². The van der Waals surface area contributed by atoms with Crippen molar-refractivity contribution >= 4 is 0 Å². The fraction of sp³-hybridized carbons (Fsp3) is 0.538. The van der Waals surface area contributed by atoms with Crippen molar-refractivity contribution in [1.82, 2.24) is 0 Å². The summed E-state index contributed by atoms with van der Waals surface area (Å²) in [6, 6.07) is 1.82. The van der Waals surface area contributed by atoms with Crippen LogP contribution in [0.15, 0.2) is 6.07 Å². The molecule has 0 unspecified atom stereocenters. The Morgan fingerprint density at radius 3 is 2.50 bits per heavy atom. The number of hydrogen-bond donors (Lipinski definition) is 2. The van der Waals surface area contributed by atoms with Gasteiger partial charge in [-0.15, -0.1) is 0 Å². The largest absolute Gasteiger partial charge is 0.504 e. The first-order valence-electron chi connectivity index (χ1n) is 5.55. The van der Waals surface area contributed by atoms with Gasteiger partial charge in [0, 0.05) is 12.0 Å². The minimum absolute atomic E-state index is 0.172. The number of methoxy groups -OCH3 is 1. The van der Waals surface area contributed by atoms with E-state index in [4.69, 9.17) is 4.74 Å². The van der Waals surface area contributed by atoms with E-state index in [2.05, 4.69) is 0 Å². The molecule has 2 N–H and O–H groups in total. The zero-order valence-electron chi connectivity index (χ0n) is 10.0. The van der Waals surface area contributed by atoms with Crippen molar-refractivity contribution in [3.05, 3.63) is 22.8 Å². The molecule has 0 atom stereocenters. The van der Waals surface area contributed by atoms with Crippen LogP contribution in [0.5, 0.6) is 11.5 Å². The summed E-state index contributed by atoms with van der Waals surface area (Å²) in [6.07, 6.45) is 2.16. The monoisotopic (exact) mass is 222 g/mol. The number of rotatable bonds is 3. The smallest absolute Gasteiger partial charge is 0.161 e. The van der Waals surface area contributed by atoms with E-state index in [0.29, 0.717) is 12.2 Å². The minimum atomic E-state index is -0.596. The molecule has 1 saturated carbocycles. The van der Waals surface area contributed by atoms with E-state index in [1.165, 1.54) is 0 Å². The normalized spacial score (nSPS) is 17.2. The maximum Gasteiger partial charge on any atom is 0.161 e. The lowest BCUT2D eigenvalue weighted by atomic mass is 9.96. The van der Waals surface area contributed by atoms with Crippen molar-refractivity contribution in [3.8, 4) is 11.5 Å². The fourth-order valence-electron chi connectivity index (χ4n) is 1.96. The molecule has 1 aliphatic carbocycles. The molecule has 0 aliphatic heterocycles. The van der Waals surface area contributed by atoms with Gasteiger partial charge in [0.15, 0.2) is 11.5 Å². The van der Waals surface area contributed by atoms with E-state index in [9.17, 15) is 10.2 Å². The van der Waals surface area contributed by atoms with Gasteiger partial charge in [-0.3, -0.25) is 0 Å². The minimum Gasteiger partial charge on any atom is -0.504 e. The summed E-state index contributed by atoms with van der Waals surface area (Å²) in [6.45, 7) is 3.95. The molecule has 1 aromatic carbocycles. The second-order valence-electron chi connectivity index (χ2n) is 4.75. The van der Waals surface area contributed by atoms with Crippen molar-refractivity contribution in [2.24, 2.45) is 0 Å². The zero-order chi connectivity index (χ0) is 11.9. The van der Waals surface area contributed by atoms with Crippen LogP contribution >= 0.6 is 0 Å². The number of aryl methyl sites for hydroxylation is 1. The van der Waals surface area contributed by atoms with Crippen LogP contribution in [0.3, 0.4) is 0 Å². The highest BCUT2D eigenvalue weighted by atomic mass is 16.5. The molecule has 0 bridgehead atoms. The van der Waals surface area contributed by atoms with Crippen LogP contribution < -0.4 is 4.74 Å². The Balaban J connectivity index is 2.44. The summed E-state index contributed by atoms with van der Waals surface area (Å²) >= 11 is 0. The first-order chi connectivity index (χ1) is 7.47. The number of aromatic hydroxyl groups is 1. The summed E-state index contributed by atoms with van der Waals surface area (Å²) < 4.78 is 5.12. The number of phenols is 1. The van der Waals surface area contributed by atoms with Gasteiger partial charge < -0.3 is 14.9 Å². The molecular weight excluding hydrogens is 204 g/mol. The van der Waals surface area contributed by atoms with Crippen molar-refractivity contribution in [3.63, 3.8) is 0 Å². The topological polar surface area (TPSA) is 49.7 Å². The lowest BCUT2D eigenvalue weighted by molar-refractivity contribution is 0.149. The van der Waals surface area contributed by atoms with Crippen LogP contribution in [-0.2, 0) is 6.42 Å². The van der Waals surface area contributed by atoms with E-state index < -0.39 is 5.60 Å². The van der Waals surface area contributed by atoms with Crippen LogP contribution in [0.4, 0.5) is 0 Å². The Hall–Kier alpha value is -1.22. The Labute approximate surface area is 95.7 Å².